The average molecular weight is 308 g/mol. The summed E-state index contributed by atoms with van der Waals surface area (Å²) in [7, 11) is 1.58. The minimum absolute atomic E-state index is 0.0281. The first kappa shape index (κ1) is 16.6. The molecule has 0 atom stereocenters. The SMILES string of the molecule is C=CCOc1ccc(/C=C/C(=O)c2cccc(C)c2)cc1OC. The first-order valence-corrected chi connectivity index (χ1v) is 7.35. The smallest absolute Gasteiger partial charge is 0.185 e. The van der Waals surface area contributed by atoms with E-state index >= 15 is 0 Å². The van der Waals surface area contributed by atoms with Crippen LogP contribution in [0.4, 0.5) is 0 Å². The molecule has 3 heteroatoms. The van der Waals surface area contributed by atoms with Crippen LogP contribution in [0.2, 0.25) is 0 Å². The van der Waals surface area contributed by atoms with E-state index in [1.54, 1.807) is 25.3 Å². The van der Waals surface area contributed by atoms with E-state index in [0.717, 1.165) is 11.1 Å². The summed E-state index contributed by atoms with van der Waals surface area (Å²) >= 11 is 0. The molecule has 3 nitrogen and oxygen atoms in total. The van der Waals surface area contributed by atoms with Gasteiger partial charge in [0.2, 0.25) is 0 Å². The van der Waals surface area contributed by atoms with Crippen LogP contribution >= 0.6 is 0 Å². The van der Waals surface area contributed by atoms with Crippen LogP contribution in [-0.4, -0.2) is 19.5 Å². The number of hydrogen-bond acceptors (Lipinski definition) is 3. The second-order valence-electron chi connectivity index (χ2n) is 5.08. The minimum atomic E-state index is -0.0281. The van der Waals surface area contributed by atoms with Crippen molar-refractivity contribution in [3.8, 4) is 11.5 Å². The summed E-state index contributed by atoms with van der Waals surface area (Å²) in [5.74, 6) is 1.24. The van der Waals surface area contributed by atoms with Crippen LogP contribution in [0.15, 0.2) is 61.2 Å². The number of allylic oxidation sites excluding steroid dienone is 1. The van der Waals surface area contributed by atoms with Crippen LogP contribution < -0.4 is 9.47 Å². The van der Waals surface area contributed by atoms with Crippen LogP contribution in [-0.2, 0) is 0 Å². The maximum atomic E-state index is 12.2. The Balaban J connectivity index is 2.16. The monoisotopic (exact) mass is 308 g/mol. The number of ketones is 1. The van der Waals surface area contributed by atoms with Crippen molar-refractivity contribution in [1.29, 1.82) is 0 Å². The van der Waals surface area contributed by atoms with Gasteiger partial charge in [0.15, 0.2) is 17.3 Å². The van der Waals surface area contributed by atoms with Gasteiger partial charge in [0.05, 0.1) is 7.11 Å². The topological polar surface area (TPSA) is 35.5 Å². The molecule has 0 N–H and O–H groups in total. The number of methoxy groups -OCH3 is 1. The number of carbonyl (C=O) groups excluding carboxylic acids is 1. The second kappa shape index (κ2) is 7.99. The van der Waals surface area contributed by atoms with E-state index in [1.807, 2.05) is 49.4 Å². The summed E-state index contributed by atoms with van der Waals surface area (Å²) < 4.78 is 10.8. The van der Waals surface area contributed by atoms with E-state index in [-0.39, 0.29) is 5.78 Å². The Kier molecular flexibility index (Phi) is 5.75. The molecule has 0 aliphatic carbocycles. The van der Waals surface area contributed by atoms with E-state index in [9.17, 15) is 4.79 Å². The summed E-state index contributed by atoms with van der Waals surface area (Å²) in [5.41, 5.74) is 2.61. The lowest BCUT2D eigenvalue weighted by Gasteiger charge is -2.09. The third-order valence-corrected chi connectivity index (χ3v) is 3.27. The van der Waals surface area contributed by atoms with E-state index in [4.69, 9.17) is 9.47 Å². The highest BCUT2D eigenvalue weighted by atomic mass is 16.5. The molecule has 0 aromatic heterocycles. The van der Waals surface area contributed by atoms with Gasteiger partial charge in [-0.15, -0.1) is 0 Å². The van der Waals surface area contributed by atoms with Gasteiger partial charge in [-0.05, 0) is 36.8 Å². The fourth-order valence-corrected chi connectivity index (χ4v) is 2.12. The van der Waals surface area contributed by atoms with Gasteiger partial charge < -0.3 is 9.47 Å². The van der Waals surface area contributed by atoms with Gasteiger partial charge in [-0.2, -0.15) is 0 Å². The minimum Gasteiger partial charge on any atom is -0.493 e. The molecule has 0 heterocycles. The Morgan fingerprint density at radius 1 is 1.17 bits per heavy atom. The van der Waals surface area contributed by atoms with Crippen molar-refractivity contribution in [3.05, 3.63) is 77.9 Å². The standard InChI is InChI=1S/C20H20O3/c1-4-12-23-19-11-9-16(14-20(19)22-3)8-10-18(21)17-7-5-6-15(2)13-17/h4-11,13-14H,1,12H2,2-3H3/b10-8+. The van der Waals surface area contributed by atoms with Crippen molar-refractivity contribution in [3.63, 3.8) is 0 Å². The van der Waals surface area contributed by atoms with Crippen molar-refractivity contribution in [2.45, 2.75) is 6.92 Å². The summed E-state index contributed by atoms with van der Waals surface area (Å²) in [5, 5.41) is 0. The molecule has 0 bridgehead atoms. The fourth-order valence-electron chi connectivity index (χ4n) is 2.12. The number of rotatable bonds is 7. The Labute approximate surface area is 136 Å². The van der Waals surface area contributed by atoms with Crippen LogP contribution in [0, 0.1) is 6.92 Å². The normalized spacial score (nSPS) is 10.5. The summed E-state index contributed by atoms with van der Waals surface area (Å²) in [6.07, 6.45) is 5.01. The molecule has 0 saturated heterocycles. The zero-order chi connectivity index (χ0) is 16.7. The zero-order valence-corrected chi connectivity index (χ0v) is 13.4. The molecule has 0 radical (unpaired) electrons. The molecule has 0 unspecified atom stereocenters. The largest absolute Gasteiger partial charge is 0.493 e. The van der Waals surface area contributed by atoms with E-state index in [0.29, 0.717) is 23.7 Å². The molecule has 2 rings (SSSR count). The van der Waals surface area contributed by atoms with Crippen molar-refractivity contribution in [2.24, 2.45) is 0 Å². The van der Waals surface area contributed by atoms with Crippen LogP contribution in [0.5, 0.6) is 11.5 Å². The highest BCUT2D eigenvalue weighted by Gasteiger charge is 2.05. The van der Waals surface area contributed by atoms with Gasteiger partial charge in [-0.3, -0.25) is 4.79 Å². The van der Waals surface area contributed by atoms with Crippen LogP contribution in [0.25, 0.3) is 6.08 Å². The van der Waals surface area contributed by atoms with Gasteiger partial charge in [-0.1, -0.05) is 48.6 Å². The third kappa shape index (κ3) is 4.58. The molecule has 0 saturated carbocycles. The third-order valence-electron chi connectivity index (χ3n) is 3.27. The first-order valence-electron chi connectivity index (χ1n) is 7.35. The summed E-state index contributed by atoms with van der Waals surface area (Å²) in [4.78, 5) is 12.2. The van der Waals surface area contributed by atoms with Crippen molar-refractivity contribution in [2.75, 3.05) is 13.7 Å². The Hall–Kier alpha value is -2.81. The zero-order valence-electron chi connectivity index (χ0n) is 13.4. The Bertz CT molecular complexity index is 729. The van der Waals surface area contributed by atoms with Gasteiger partial charge in [0.1, 0.15) is 6.61 Å². The summed E-state index contributed by atoms with van der Waals surface area (Å²) in [6.45, 7) is 6.00. The molecule has 0 aliphatic rings. The van der Waals surface area contributed by atoms with Gasteiger partial charge >= 0.3 is 0 Å². The van der Waals surface area contributed by atoms with E-state index in [1.165, 1.54) is 0 Å². The molecule has 2 aromatic carbocycles. The van der Waals surface area contributed by atoms with Gasteiger partial charge in [0.25, 0.3) is 0 Å². The predicted octanol–water partition coefficient (Wildman–Crippen LogP) is 4.46. The number of ether oxygens (including phenoxy) is 2. The first-order chi connectivity index (χ1) is 11.1. The van der Waals surface area contributed by atoms with Crippen molar-refractivity contribution in [1.82, 2.24) is 0 Å². The summed E-state index contributed by atoms with van der Waals surface area (Å²) in [6, 6.07) is 13.1. The molecule has 0 fully saturated rings. The van der Waals surface area contributed by atoms with E-state index in [2.05, 4.69) is 6.58 Å². The number of aryl methyl sites for hydroxylation is 1. The van der Waals surface area contributed by atoms with E-state index < -0.39 is 0 Å². The molecule has 0 aliphatic heterocycles. The molecular weight excluding hydrogens is 288 g/mol. The van der Waals surface area contributed by atoms with Gasteiger partial charge in [-0.25, -0.2) is 0 Å². The second-order valence-corrected chi connectivity index (χ2v) is 5.08. The Morgan fingerprint density at radius 3 is 2.70 bits per heavy atom. The lowest BCUT2D eigenvalue weighted by atomic mass is 10.1. The maximum Gasteiger partial charge on any atom is 0.185 e. The molecule has 2 aromatic rings. The predicted molar refractivity (Wildman–Crippen MR) is 93.2 cm³/mol. The number of benzene rings is 2. The highest BCUT2D eigenvalue weighted by molar-refractivity contribution is 6.06. The number of hydrogen-bond donors (Lipinski definition) is 0. The maximum absolute atomic E-state index is 12.2. The molecule has 118 valence electrons. The quantitative estimate of drug-likeness (QED) is 0.430. The molecule has 23 heavy (non-hydrogen) atoms. The van der Waals surface area contributed by atoms with Crippen molar-refractivity contribution >= 4 is 11.9 Å². The fraction of sp³-hybridized carbons (Fsp3) is 0.150. The molecule has 0 amide bonds. The Morgan fingerprint density at radius 2 is 2.00 bits per heavy atom. The highest BCUT2D eigenvalue weighted by Crippen LogP contribution is 2.28. The number of carbonyl (C=O) groups is 1. The van der Waals surface area contributed by atoms with Crippen molar-refractivity contribution < 1.29 is 14.3 Å². The molecule has 0 spiro atoms. The lowest BCUT2D eigenvalue weighted by molar-refractivity contribution is 0.104. The molecular formula is C20H20O3. The average Bonchev–Trinajstić information content (AvgIpc) is 2.58. The lowest BCUT2D eigenvalue weighted by Crippen LogP contribution is -1.97. The van der Waals surface area contributed by atoms with Crippen LogP contribution in [0.1, 0.15) is 21.5 Å². The van der Waals surface area contributed by atoms with Gasteiger partial charge in [0, 0.05) is 5.56 Å². The van der Waals surface area contributed by atoms with Crippen LogP contribution in [0.3, 0.4) is 0 Å².